The molecule has 0 fully saturated rings. The Morgan fingerprint density at radius 3 is 2.57 bits per heavy atom. The first kappa shape index (κ1) is 19.2. The fourth-order valence-electron chi connectivity index (χ4n) is 3.27. The molecule has 10 heteroatoms. The quantitative estimate of drug-likeness (QED) is 0.504. The third-order valence-corrected chi connectivity index (χ3v) is 4.67. The summed E-state index contributed by atoms with van der Waals surface area (Å²) in [5.41, 5.74) is 0.600. The van der Waals surface area contributed by atoms with Crippen LogP contribution in [0.4, 0.5) is 10.3 Å². The van der Waals surface area contributed by atoms with Crippen LogP contribution in [0.3, 0.4) is 0 Å². The van der Waals surface area contributed by atoms with Gasteiger partial charge in [0.25, 0.3) is 0 Å². The summed E-state index contributed by atoms with van der Waals surface area (Å²) < 4.78 is 25.3. The molecule has 3 aromatic rings. The molecular formula is C20H16FN5O4. The zero-order valence-corrected chi connectivity index (χ0v) is 16.0. The molecular weight excluding hydrogens is 393 g/mol. The van der Waals surface area contributed by atoms with Crippen molar-refractivity contribution < 1.29 is 23.5 Å². The first-order valence-corrected chi connectivity index (χ1v) is 8.85. The van der Waals surface area contributed by atoms with Crippen molar-refractivity contribution in [1.29, 1.82) is 0 Å². The number of esters is 1. The van der Waals surface area contributed by atoms with E-state index in [0.29, 0.717) is 16.9 Å². The highest BCUT2D eigenvalue weighted by molar-refractivity contribution is 6.14. The number of nitrogens with one attached hydrogen (secondary N) is 1. The van der Waals surface area contributed by atoms with E-state index in [1.54, 1.807) is 30.3 Å². The SMILES string of the molecule is COC(=O)C1=C(C(=O)c2ccc(OC)cc2)[C@H](c2cccc(F)c2)n2nnnc2N1. The third kappa shape index (κ3) is 3.28. The Balaban J connectivity index is 1.93. The van der Waals surface area contributed by atoms with E-state index in [-0.39, 0.29) is 17.2 Å². The Bertz CT molecular complexity index is 1160. The number of anilines is 1. The van der Waals surface area contributed by atoms with Crippen molar-refractivity contribution in [3.05, 3.63) is 76.7 Å². The van der Waals surface area contributed by atoms with Crippen LogP contribution in [0.2, 0.25) is 0 Å². The highest BCUT2D eigenvalue weighted by Gasteiger charge is 2.38. The lowest BCUT2D eigenvalue weighted by Crippen LogP contribution is -2.33. The van der Waals surface area contributed by atoms with Gasteiger partial charge in [-0.1, -0.05) is 17.2 Å². The van der Waals surface area contributed by atoms with Gasteiger partial charge in [0.15, 0.2) is 5.78 Å². The van der Waals surface area contributed by atoms with Gasteiger partial charge in [0.2, 0.25) is 5.95 Å². The summed E-state index contributed by atoms with van der Waals surface area (Å²) in [6.45, 7) is 0. The van der Waals surface area contributed by atoms with E-state index in [9.17, 15) is 14.0 Å². The van der Waals surface area contributed by atoms with Gasteiger partial charge in [-0.25, -0.2) is 9.18 Å². The molecule has 152 valence electrons. The average Bonchev–Trinajstić information content (AvgIpc) is 3.25. The van der Waals surface area contributed by atoms with E-state index in [2.05, 4.69) is 20.8 Å². The van der Waals surface area contributed by atoms with Gasteiger partial charge in [-0.05, 0) is 52.4 Å². The topological polar surface area (TPSA) is 108 Å². The van der Waals surface area contributed by atoms with E-state index < -0.39 is 23.6 Å². The number of hydrogen-bond acceptors (Lipinski definition) is 8. The number of aromatic nitrogens is 4. The molecule has 1 atom stereocenters. The van der Waals surface area contributed by atoms with Crippen LogP contribution in [0.15, 0.2) is 59.8 Å². The minimum absolute atomic E-state index is 0.0254. The maximum Gasteiger partial charge on any atom is 0.355 e. The summed E-state index contributed by atoms with van der Waals surface area (Å²) >= 11 is 0. The van der Waals surface area contributed by atoms with Gasteiger partial charge < -0.3 is 14.8 Å². The summed E-state index contributed by atoms with van der Waals surface area (Å²) in [6, 6.07) is 11.1. The predicted octanol–water partition coefficient (Wildman–Crippen LogP) is 2.15. The Morgan fingerprint density at radius 2 is 1.90 bits per heavy atom. The van der Waals surface area contributed by atoms with Gasteiger partial charge >= 0.3 is 5.97 Å². The number of benzene rings is 2. The predicted molar refractivity (Wildman–Crippen MR) is 102 cm³/mol. The molecule has 0 radical (unpaired) electrons. The van der Waals surface area contributed by atoms with Crippen LogP contribution < -0.4 is 10.1 Å². The van der Waals surface area contributed by atoms with Crippen LogP contribution in [-0.2, 0) is 9.53 Å². The number of carbonyl (C=O) groups is 2. The largest absolute Gasteiger partial charge is 0.497 e. The summed E-state index contributed by atoms with van der Waals surface area (Å²) in [5.74, 6) is -1.06. The standard InChI is InChI=1S/C20H16FN5O4/c1-29-14-8-6-11(7-9-14)18(27)15-16(19(28)30-2)22-20-23-24-25-26(20)17(15)12-4-3-5-13(21)10-12/h3-10,17H,1-2H3,(H,22,23,25)/t17-/m0/s1. The fraction of sp³-hybridized carbons (Fsp3) is 0.150. The van der Waals surface area contributed by atoms with Gasteiger partial charge in [0, 0.05) is 5.56 Å². The zero-order valence-electron chi connectivity index (χ0n) is 16.0. The second-order valence-corrected chi connectivity index (χ2v) is 6.37. The minimum atomic E-state index is -0.948. The Morgan fingerprint density at radius 1 is 1.13 bits per heavy atom. The molecule has 0 spiro atoms. The van der Waals surface area contributed by atoms with E-state index in [0.717, 1.165) is 0 Å². The molecule has 2 heterocycles. The van der Waals surface area contributed by atoms with Crippen molar-refractivity contribution in [3.8, 4) is 5.75 Å². The van der Waals surface area contributed by atoms with Gasteiger partial charge in [0.05, 0.1) is 19.8 Å². The number of ether oxygens (including phenoxy) is 2. The van der Waals surface area contributed by atoms with Crippen LogP contribution in [0, 0.1) is 5.82 Å². The Kier molecular flexibility index (Phi) is 4.97. The molecule has 9 nitrogen and oxygen atoms in total. The van der Waals surface area contributed by atoms with E-state index in [4.69, 9.17) is 9.47 Å². The van der Waals surface area contributed by atoms with E-state index in [1.165, 1.54) is 37.1 Å². The van der Waals surface area contributed by atoms with Gasteiger partial charge in [-0.2, -0.15) is 4.68 Å². The lowest BCUT2D eigenvalue weighted by atomic mass is 9.89. The minimum Gasteiger partial charge on any atom is -0.497 e. The first-order chi connectivity index (χ1) is 14.5. The van der Waals surface area contributed by atoms with Gasteiger partial charge in [0.1, 0.15) is 23.3 Å². The molecule has 0 bridgehead atoms. The molecule has 2 aromatic carbocycles. The fourth-order valence-corrected chi connectivity index (χ4v) is 3.27. The second-order valence-electron chi connectivity index (χ2n) is 6.37. The first-order valence-electron chi connectivity index (χ1n) is 8.85. The monoisotopic (exact) mass is 409 g/mol. The number of carbonyl (C=O) groups excluding carboxylic acids is 2. The Labute approximate surface area is 170 Å². The van der Waals surface area contributed by atoms with Crippen molar-refractivity contribution in [2.75, 3.05) is 19.5 Å². The zero-order chi connectivity index (χ0) is 21.3. The maximum atomic E-state index is 14.0. The molecule has 30 heavy (non-hydrogen) atoms. The van der Waals surface area contributed by atoms with Crippen LogP contribution in [0.1, 0.15) is 22.0 Å². The second kappa shape index (κ2) is 7.74. The van der Waals surface area contributed by atoms with Gasteiger partial charge in [-0.15, -0.1) is 0 Å². The summed E-state index contributed by atoms with van der Waals surface area (Å²) in [5, 5.41) is 14.1. The molecule has 0 amide bonds. The number of tetrazole rings is 1. The summed E-state index contributed by atoms with van der Waals surface area (Å²) in [6.07, 6.45) is 0. The van der Waals surface area contributed by atoms with E-state index >= 15 is 0 Å². The lowest BCUT2D eigenvalue weighted by Gasteiger charge is -2.28. The molecule has 1 aliphatic rings. The van der Waals surface area contributed by atoms with E-state index in [1.807, 2.05) is 0 Å². The number of hydrogen-bond donors (Lipinski definition) is 1. The number of ketones is 1. The van der Waals surface area contributed by atoms with Crippen molar-refractivity contribution in [2.24, 2.45) is 0 Å². The normalized spacial score (nSPS) is 15.2. The lowest BCUT2D eigenvalue weighted by molar-refractivity contribution is -0.136. The molecule has 1 N–H and O–H groups in total. The number of fused-ring (bicyclic) bond motifs is 1. The number of Topliss-reactive ketones (excluding diaryl/α,β-unsaturated/α-hetero) is 1. The average molecular weight is 409 g/mol. The molecule has 0 aliphatic carbocycles. The molecule has 4 rings (SSSR count). The summed E-state index contributed by atoms with van der Waals surface area (Å²) in [4.78, 5) is 26.0. The molecule has 0 unspecified atom stereocenters. The molecule has 1 aliphatic heterocycles. The van der Waals surface area contributed by atoms with Crippen molar-refractivity contribution >= 4 is 17.7 Å². The summed E-state index contributed by atoms with van der Waals surface area (Å²) in [7, 11) is 2.71. The van der Waals surface area contributed by atoms with Crippen LogP contribution in [0.5, 0.6) is 5.75 Å². The molecule has 1 aromatic heterocycles. The third-order valence-electron chi connectivity index (χ3n) is 4.67. The van der Waals surface area contributed by atoms with Crippen LogP contribution >= 0.6 is 0 Å². The Hall–Kier alpha value is -4.08. The smallest absolute Gasteiger partial charge is 0.355 e. The van der Waals surface area contributed by atoms with Crippen LogP contribution in [0.25, 0.3) is 0 Å². The van der Waals surface area contributed by atoms with Gasteiger partial charge in [-0.3, -0.25) is 4.79 Å². The van der Waals surface area contributed by atoms with Crippen molar-refractivity contribution in [3.63, 3.8) is 0 Å². The number of rotatable bonds is 5. The van der Waals surface area contributed by atoms with Crippen molar-refractivity contribution in [2.45, 2.75) is 6.04 Å². The highest BCUT2D eigenvalue weighted by Crippen LogP contribution is 2.36. The van der Waals surface area contributed by atoms with Crippen LogP contribution in [-0.4, -0.2) is 46.2 Å². The number of nitrogens with zero attached hydrogens (tertiary/aromatic N) is 4. The number of methoxy groups -OCH3 is 2. The van der Waals surface area contributed by atoms with Crippen molar-refractivity contribution in [1.82, 2.24) is 20.2 Å². The maximum absolute atomic E-state index is 14.0. The number of halogens is 1. The molecule has 0 saturated heterocycles. The number of allylic oxidation sites excluding steroid dienone is 1. The molecule has 0 saturated carbocycles. The highest BCUT2D eigenvalue weighted by atomic mass is 19.1.